The van der Waals surface area contributed by atoms with Crippen LogP contribution in [0.5, 0.6) is 0 Å². The largest absolute Gasteiger partial charge is 0.308 e. The highest BCUT2D eigenvalue weighted by Crippen LogP contribution is 2.23. The molecular formula is C14H14BrClFN3O. The van der Waals surface area contributed by atoms with Crippen LogP contribution >= 0.6 is 27.5 Å². The van der Waals surface area contributed by atoms with Gasteiger partial charge in [-0.25, -0.2) is 4.39 Å². The molecule has 7 heteroatoms. The first-order chi connectivity index (χ1) is 9.90. The Morgan fingerprint density at radius 3 is 2.81 bits per heavy atom. The first kappa shape index (κ1) is 16.1. The van der Waals surface area contributed by atoms with Crippen molar-refractivity contribution < 1.29 is 9.18 Å². The van der Waals surface area contributed by atoms with E-state index in [1.807, 2.05) is 19.0 Å². The molecule has 0 bridgehead atoms. The molecule has 21 heavy (non-hydrogen) atoms. The third-order valence-electron chi connectivity index (χ3n) is 2.95. The Morgan fingerprint density at radius 2 is 2.19 bits per heavy atom. The Kier molecular flexibility index (Phi) is 5.13. The fourth-order valence-electron chi connectivity index (χ4n) is 1.83. The van der Waals surface area contributed by atoms with Crippen molar-refractivity contribution >= 4 is 33.3 Å². The van der Waals surface area contributed by atoms with Gasteiger partial charge in [0.15, 0.2) is 0 Å². The summed E-state index contributed by atoms with van der Waals surface area (Å²) >= 11 is 9.06. The van der Waals surface area contributed by atoms with E-state index >= 15 is 0 Å². The minimum Gasteiger partial charge on any atom is -0.308 e. The van der Waals surface area contributed by atoms with E-state index < -0.39 is 5.82 Å². The fraction of sp³-hybridized carbons (Fsp3) is 0.286. The average Bonchev–Trinajstić information content (AvgIpc) is 2.80. The van der Waals surface area contributed by atoms with Crippen LogP contribution in [0.15, 0.2) is 28.9 Å². The number of carbonyl (C=O) groups excluding carboxylic acids is 1. The van der Waals surface area contributed by atoms with E-state index in [0.29, 0.717) is 22.3 Å². The molecule has 0 fully saturated rings. The quantitative estimate of drug-likeness (QED) is 0.754. The first-order valence-corrected chi connectivity index (χ1v) is 7.43. The molecule has 0 saturated carbocycles. The zero-order chi connectivity index (χ0) is 15.6. The van der Waals surface area contributed by atoms with Crippen LogP contribution in [-0.4, -0.2) is 41.1 Å². The molecule has 0 radical (unpaired) electrons. The molecule has 4 nitrogen and oxygen atoms in total. The van der Waals surface area contributed by atoms with Crippen molar-refractivity contribution in [3.63, 3.8) is 0 Å². The second-order valence-corrected chi connectivity index (χ2v) is 6.09. The van der Waals surface area contributed by atoms with Gasteiger partial charge in [-0.15, -0.1) is 0 Å². The van der Waals surface area contributed by atoms with E-state index in [0.717, 1.165) is 6.54 Å². The lowest BCUT2D eigenvalue weighted by Gasteiger charge is -2.12. The lowest BCUT2D eigenvalue weighted by atomic mass is 10.1. The number of carbonyl (C=O) groups is 1. The van der Waals surface area contributed by atoms with Gasteiger partial charge in [0.1, 0.15) is 11.5 Å². The second-order valence-electron chi connectivity index (χ2n) is 4.83. The minimum absolute atomic E-state index is 0.0728. The van der Waals surface area contributed by atoms with Gasteiger partial charge in [0.2, 0.25) is 5.78 Å². The summed E-state index contributed by atoms with van der Waals surface area (Å²) in [5.74, 6) is -0.798. The van der Waals surface area contributed by atoms with Crippen LogP contribution in [0.3, 0.4) is 0 Å². The molecular weight excluding hydrogens is 361 g/mol. The predicted molar refractivity (Wildman–Crippen MR) is 83.3 cm³/mol. The van der Waals surface area contributed by atoms with Crippen molar-refractivity contribution in [2.24, 2.45) is 0 Å². The van der Waals surface area contributed by atoms with Crippen molar-refractivity contribution in [1.82, 2.24) is 14.7 Å². The molecule has 0 aliphatic rings. The third-order valence-corrected chi connectivity index (χ3v) is 3.82. The van der Waals surface area contributed by atoms with Crippen molar-refractivity contribution in [3.05, 3.63) is 51.0 Å². The molecule has 2 aromatic rings. The van der Waals surface area contributed by atoms with Crippen LogP contribution in [0.4, 0.5) is 4.39 Å². The van der Waals surface area contributed by atoms with Crippen molar-refractivity contribution in [1.29, 1.82) is 0 Å². The Balaban J connectivity index is 2.34. The van der Waals surface area contributed by atoms with Gasteiger partial charge >= 0.3 is 0 Å². The van der Waals surface area contributed by atoms with E-state index in [1.165, 1.54) is 18.2 Å². The Morgan fingerprint density at radius 1 is 1.48 bits per heavy atom. The van der Waals surface area contributed by atoms with Gasteiger partial charge in [0.25, 0.3) is 0 Å². The molecule has 112 valence electrons. The highest BCUT2D eigenvalue weighted by Gasteiger charge is 2.19. The maximum Gasteiger partial charge on any atom is 0.212 e. The highest BCUT2D eigenvalue weighted by molar-refractivity contribution is 9.10. The third kappa shape index (κ3) is 3.70. The average molecular weight is 375 g/mol. The zero-order valence-electron chi connectivity index (χ0n) is 11.6. The number of hydrogen-bond donors (Lipinski definition) is 0. The summed E-state index contributed by atoms with van der Waals surface area (Å²) in [7, 11) is 3.89. The fourth-order valence-corrected chi connectivity index (χ4v) is 2.48. The van der Waals surface area contributed by atoms with Crippen LogP contribution in [0.1, 0.15) is 16.1 Å². The molecule has 1 heterocycles. The van der Waals surface area contributed by atoms with Gasteiger partial charge in [0, 0.05) is 12.1 Å². The van der Waals surface area contributed by atoms with Gasteiger partial charge in [-0.2, -0.15) is 5.10 Å². The molecule has 0 N–H and O–H groups in total. The minimum atomic E-state index is -0.548. The maximum absolute atomic E-state index is 13.2. The summed E-state index contributed by atoms with van der Waals surface area (Å²) in [6, 6.07) is 3.93. The second kappa shape index (κ2) is 6.68. The maximum atomic E-state index is 13.2. The number of halogens is 3. The van der Waals surface area contributed by atoms with Crippen LogP contribution in [0.25, 0.3) is 0 Å². The lowest BCUT2D eigenvalue weighted by Crippen LogP contribution is -2.21. The highest BCUT2D eigenvalue weighted by atomic mass is 79.9. The van der Waals surface area contributed by atoms with Gasteiger partial charge in [-0.1, -0.05) is 11.6 Å². The van der Waals surface area contributed by atoms with E-state index in [2.05, 4.69) is 21.0 Å². The van der Waals surface area contributed by atoms with Gasteiger partial charge in [-0.3, -0.25) is 9.48 Å². The topological polar surface area (TPSA) is 38.1 Å². The molecule has 0 atom stereocenters. The number of likely N-dealkylation sites (N-methyl/N-ethyl adjacent to an activating group) is 1. The molecule has 1 aromatic carbocycles. The van der Waals surface area contributed by atoms with Crippen LogP contribution in [-0.2, 0) is 6.54 Å². The zero-order valence-corrected chi connectivity index (χ0v) is 13.9. The van der Waals surface area contributed by atoms with E-state index in [-0.39, 0.29) is 10.8 Å². The van der Waals surface area contributed by atoms with Crippen molar-refractivity contribution in [2.75, 3.05) is 20.6 Å². The van der Waals surface area contributed by atoms with Crippen molar-refractivity contribution in [2.45, 2.75) is 6.54 Å². The SMILES string of the molecule is CN(C)CCn1ncc(Br)c1C(=O)c1ccc(F)c(Cl)c1. The summed E-state index contributed by atoms with van der Waals surface area (Å²) in [5, 5.41) is 4.12. The van der Waals surface area contributed by atoms with Crippen LogP contribution in [0, 0.1) is 5.82 Å². The van der Waals surface area contributed by atoms with E-state index in [1.54, 1.807) is 10.9 Å². The summed E-state index contributed by atoms with van der Waals surface area (Å²) < 4.78 is 15.4. The van der Waals surface area contributed by atoms with Gasteiger partial charge in [-0.05, 0) is 48.2 Å². The summed E-state index contributed by atoms with van der Waals surface area (Å²) in [5.41, 5.74) is 0.758. The number of aromatic nitrogens is 2. The van der Waals surface area contributed by atoms with E-state index in [9.17, 15) is 9.18 Å². The number of hydrogen-bond acceptors (Lipinski definition) is 3. The van der Waals surface area contributed by atoms with Crippen molar-refractivity contribution in [3.8, 4) is 0 Å². The summed E-state index contributed by atoms with van der Waals surface area (Å²) in [4.78, 5) is 14.6. The molecule has 0 unspecified atom stereocenters. The Labute approximate surface area is 135 Å². The molecule has 0 amide bonds. The Hall–Kier alpha value is -1.24. The van der Waals surface area contributed by atoms with Gasteiger partial charge in [0.05, 0.1) is 22.2 Å². The van der Waals surface area contributed by atoms with Crippen LogP contribution < -0.4 is 0 Å². The van der Waals surface area contributed by atoms with Crippen LogP contribution in [0.2, 0.25) is 5.02 Å². The molecule has 1 aromatic heterocycles. The monoisotopic (exact) mass is 373 g/mol. The summed E-state index contributed by atoms with van der Waals surface area (Å²) in [6.07, 6.45) is 1.58. The summed E-state index contributed by atoms with van der Waals surface area (Å²) in [6.45, 7) is 1.33. The standard InChI is InChI=1S/C14H14BrClFN3O/c1-19(2)5-6-20-13(10(15)8-18-20)14(21)9-3-4-12(17)11(16)7-9/h3-4,7-8H,5-6H2,1-2H3. The number of rotatable bonds is 5. The normalized spacial score (nSPS) is 11.1. The Bertz CT molecular complexity index is 672. The number of nitrogens with zero attached hydrogens (tertiary/aromatic N) is 3. The number of benzene rings is 1. The molecule has 2 rings (SSSR count). The predicted octanol–water partition coefficient (Wildman–Crippen LogP) is 3.23. The molecule has 0 saturated heterocycles. The molecule has 0 spiro atoms. The smallest absolute Gasteiger partial charge is 0.212 e. The van der Waals surface area contributed by atoms with E-state index in [4.69, 9.17) is 11.6 Å². The lowest BCUT2D eigenvalue weighted by molar-refractivity contribution is 0.102. The number of ketones is 1. The molecule has 0 aliphatic heterocycles. The van der Waals surface area contributed by atoms with Gasteiger partial charge < -0.3 is 4.90 Å². The first-order valence-electron chi connectivity index (χ1n) is 6.26. The molecule has 0 aliphatic carbocycles.